The Kier molecular flexibility index (Phi) is 2.99. The molecule has 1 aliphatic rings. The fraction of sp³-hybridized carbons (Fsp3) is 0.667. The van der Waals surface area contributed by atoms with Crippen LogP contribution in [0.2, 0.25) is 0 Å². The molecule has 1 unspecified atom stereocenters. The second-order valence-corrected chi connectivity index (χ2v) is 7.21. The van der Waals surface area contributed by atoms with Crippen molar-refractivity contribution in [2.24, 2.45) is 11.1 Å². The molecule has 1 aliphatic carbocycles. The second kappa shape index (κ2) is 3.86. The third-order valence-electron chi connectivity index (χ3n) is 3.88. The molecule has 2 N–H and O–H groups in total. The lowest BCUT2D eigenvalue weighted by Gasteiger charge is -2.38. The molecule has 1 saturated carbocycles. The first-order valence-corrected chi connectivity index (χ1v) is 7.12. The third-order valence-corrected chi connectivity index (χ3v) is 5.58. The van der Waals surface area contributed by atoms with Crippen molar-refractivity contribution in [3.63, 3.8) is 0 Å². The molecule has 0 saturated heterocycles. The monoisotopic (exact) mass is 287 g/mol. The highest BCUT2D eigenvalue weighted by molar-refractivity contribution is 9.10. The molecule has 2 rings (SSSR count). The Bertz CT molecular complexity index is 358. The first-order valence-electron chi connectivity index (χ1n) is 5.45. The van der Waals surface area contributed by atoms with Gasteiger partial charge in [-0.15, -0.1) is 11.3 Å². The number of thiophene rings is 1. The van der Waals surface area contributed by atoms with Crippen LogP contribution in [0.5, 0.6) is 0 Å². The SMILES string of the molecule is CC1(C)CCCC1(N)Cc1cc(Br)cs1. The molecule has 1 fully saturated rings. The second-order valence-electron chi connectivity index (χ2n) is 5.30. The summed E-state index contributed by atoms with van der Waals surface area (Å²) in [6, 6.07) is 2.20. The number of hydrogen-bond acceptors (Lipinski definition) is 2. The Labute approximate surface area is 104 Å². The van der Waals surface area contributed by atoms with E-state index >= 15 is 0 Å². The van der Waals surface area contributed by atoms with Crippen molar-refractivity contribution >= 4 is 27.3 Å². The van der Waals surface area contributed by atoms with Crippen LogP contribution < -0.4 is 5.73 Å². The quantitative estimate of drug-likeness (QED) is 0.875. The van der Waals surface area contributed by atoms with Gasteiger partial charge in [0.2, 0.25) is 0 Å². The van der Waals surface area contributed by atoms with E-state index in [1.807, 2.05) is 11.3 Å². The van der Waals surface area contributed by atoms with E-state index in [-0.39, 0.29) is 11.0 Å². The summed E-state index contributed by atoms with van der Waals surface area (Å²) in [7, 11) is 0. The van der Waals surface area contributed by atoms with Gasteiger partial charge in [-0.3, -0.25) is 0 Å². The summed E-state index contributed by atoms with van der Waals surface area (Å²) in [6.45, 7) is 4.62. The predicted molar refractivity (Wildman–Crippen MR) is 70.3 cm³/mol. The minimum Gasteiger partial charge on any atom is -0.324 e. The van der Waals surface area contributed by atoms with Crippen LogP contribution >= 0.6 is 27.3 Å². The van der Waals surface area contributed by atoms with Gasteiger partial charge in [-0.25, -0.2) is 0 Å². The normalized spacial score (nSPS) is 29.6. The van der Waals surface area contributed by atoms with Crippen molar-refractivity contribution in [2.75, 3.05) is 0 Å². The maximum atomic E-state index is 6.57. The van der Waals surface area contributed by atoms with E-state index in [0.717, 1.165) is 12.8 Å². The first kappa shape index (κ1) is 11.6. The summed E-state index contributed by atoms with van der Waals surface area (Å²) in [6.07, 6.45) is 4.72. The van der Waals surface area contributed by atoms with Gasteiger partial charge < -0.3 is 5.73 Å². The van der Waals surface area contributed by atoms with E-state index in [2.05, 4.69) is 41.2 Å². The Morgan fingerprint density at radius 1 is 1.47 bits per heavy atom. The fourth-order valence-corrected chi connectivity index (χ4v) is 4.09. The van der Waals surface area contributed by atoms with Crippen LogP contribution in [0, 0.1) is 5.41 Å². The van der Waals surface area contributed by atoms with Gasteiger partial charge in [-0.05, 0) is 40.3 Å². The molecule has 0 spiro atoms. The van der Waals surface area contributed by atoms with Gasteiger partial charge in [0, 0.05) is 26.7 Å². The van der Waals surface area contributed by atoms with Crippen LogP contribution in [0.4, 0.5) is 0 Å². The molecule has 84 valence electrons. The molecule has 1 heterocycles. The number of rotatable bonds is 2. The standard InChI is InChI=1S/C12H18BrNS/c1-11(2)4-3-5-12(11,14)7-10-6-9(13)8-15-10/h6,8H,3-5,7,14H2,1-2H3. The van der Waals surface area contributed by atoms with Crippen LogP contribution in [-0.4, -0.2) is 5.54 Å². The number of halogens is 1. The van der Waals surface area contributed by atoms with Gasteiger partial charge in [0.15, 0.2) is 0 Å². The Morgan fingerprint density at radius 2 is 2.20 bits per heavy atom. The molecule has 0 radical (unpaired) electrons. The molecule has 0 amide bonds. The molecule has 1 atom stereocenters. The van der Waals surface area contributed by atoms with Crippen LogP contribution in [0.25, 0.3) is 0 Å². The summed E-state index contributed by atoms with van der Waals surface area (Å²) < 4.78 is 1.18. The maximum absolute atomic E-state index is 6.57. The smallest absolute Gasteiger partial charge is 0.0285 e. The van der Waals surface area contributed by atoms with Gasteiger partial charge in [-0.2, -0.15) is 0 Å². The highest BCUT2D eigenvalue weighted by Crippen LogP contribution is 2.46. The molecule has 1 aromatic heterocycles. The zero-order valence-corrected chi connectivity index (χ0v) is 11.7. The average Bonchev–Trinajstić information content (AvgIpc) is 2.59. The summed E-state index contributed by atoms with van der Waals surface area (Å²) >= 11 is 5.31. The molecular formula is C12H18BrNS. The molecule has 3 heteroatoms. The molecule has 0 bridgehead atoms. The van der Waals surface area contributed by atoms with Gasteiger partial charge in [0.05, 0.1) is 0 Å². The maximum Gasteiger partial charge on any atom is 0.0285 e. The lowest BCUT2D eigenvalue weighted by Crippen LogP contribution is -2.50. The zero-order valence-electron chi connectivity index (χ0n) is 9.35. The van der Waals surface area contributed by atoms with Crippen molar-refractivity contribution < 1.29 is 0 Å². The predicted octanol–water partition coefficient (Wildman–Crippen LogP) is 3.96. The van der Waals surface area contributed by atoms with Crippen molar-refractivity contribution in [1.82, 2.24) is 0 Å². The highest BCUT2D eigenvalue weighted by Gasteiger charge is 2.45. The lowest BCUT2D eigenvalue weighted by atomic mass is 9.73. The van der Waals surface area contributed by atoms with Crippen molar-refractivity contribution in [3.8, 4) is 0 Å². The summed E-state index contributed by atoms with van der Waals surface area (Å²) in [5.41, 5.74) is 6.85. The molecule has 1 aromatic rings. The van der Waals surface area contributed by atoms with Crippen LogP contribution in [0.15, 0.2) is 15.9 Å². The first-order chi connectivity index (χ1) is 6.93. The van der Waals surface area contributed by atoms with Crippen LogP contribution in [0.1, 0.15) is 38.0 Å². The lowest BCUT2D eigenvalue weighted by molar-refractivity contribution is 0.208. The van der Waals surface area contributed by atoms with Crippen LogP contribution in [-0.2, 0) is 6.42 Å². The van der Waals surface area contributed by atoms with Crippen molar-refractivity contribution in [2.45, 2.75) is 45.1 Å². The van der Waals surface area contributed by atoms with E-state index < -0.39 is 0 Å². The van der Waals surface area contributed by atoms with Crippen LogP contribution in [0.3, 0.4) is 0 Å². The summed E-state index contributed by atoms with van der Waals surface area (Å²) in [5, 5.41) is 2.14. The Hall–Kier alpha value is 0.140. The van der Waals surface area contributed by atoms with Crippen molar-refractivity contribution in [1.29, 1.82) is 0 Å². The highest BCUT2D eigenvalue weighted by atomic mass is 79.9. The largest absolute Gasteiger partial charge is 0.324 e. The van der Waals surface area contributed by atoms with Crippen molar-refractivity contribution in [3.05, 3.63) is 20.8 Å². The minimum absolute atomic E-state index is 0.00269. The van der Waals surface area contributed by atoms with Gasteiger partial charge in [-0.1, -0.05) is 20.3 Å². The average molecular weight is 288 g/mol. The van der Waals surface area contributed by atoms with E-state index in [4.69, 9.17) is 5.73 Å². The number of nitrogens with two attached hydrogens (primary N) is 1. The van der Waals surface area contributed by atoms with Gasteiger partial charge in [0.25, 0.3) is 0 Å². The zero-order chi connectivity index (χ0) is 11.1. The fourth-order valence-electron chi connectivity index (χ4n) is 2.52. The molecule has 0 aliphatic heterocycles. The molecule has 1 nitrogen and oxygen atoms in total. The van der Waals surface area contributed by atoms with E-state index in [9.17, 15) is 0 Å². The van der Waals surface area contributed by atoms with E-state index in [1.54, 1.807) is 0 Å². The topological polar surface area (TPSA) is 26.0 Å². The molecule has 15 heavy (non-hydrogen) atoms. The third kappa shape index (κ3) is 2.15. The van der Waals surface area contributed by atoms with E-state index in [1.165, 1.54) is 22.2 Å². The van der Waals surface area contributed by atoms with Gasteiger partial charge >= 0.3 is 0 Å². The molecule has 0 aromatic carbocycles. The Morgan fingerprint density at radius 3 is 2.67 bits per heavy atom. The van der Waals surface area contributed by atoms with Gasteiger partial charge in [0.1, 0.15) is 0 Å². The summed E-state index contributed by atoms with van der Waals surface area (Å²) in [5.74, 6) is 0. The summed E-state index contributed by atoms with van der Waals surface area (Å²) in [4.78, 5) is 1.40. The Balaban J connectivity index is 2.17. The molecular weight excluding hydrogens is 270 g/mol. The minimum atomic E-state index is -0.00269. The number of hydrogen-bond donors (Lipinski definition) is 1. The van der Waals surface area contributed by atoms with E-state index in [0.29, 0.717) is 0 Å².